The quantitative estimate of drug-likeness (QED) is 0.294. The Bertz CT molecular complexity index is 867. The number of aliphatic imine (C=N–C) groups is 1. The number of hydrogen-bond donors (Lipinski definition) is 1. The number of ether oxygens (including phenoxy) is 3. The number of methoxy groups -OCH3 is 3. The van der Waals surface area contributed by atoms with Crippen LogP contribution in [0, 0.1) is 0 Å². The molecule has 0 atom stereocenters. The highest BCUT2D eigenvalue weighted by atomic mass is 127. The summed E-state index contributed by atoms with van der Waals surface area (Å²) in [7, 11) is 8.86. The van der Waals surface area contributed by atoms with Crippen molar-refractivity contribution < 1.29 is 14.2 Å². The fraction of sp³-hybridized carbons (Fsp3) is 0.545. The van der Waals surface area contributed by atoms with Gasteiger partial charge in [0.15, 0.2) is 17.5 Å². The first-order chi connectivity index (χ1) is 14.3. The van der Waals surface area contributed by atoms with E-state index in [9.17, 15) is 0 Å². The first kappa shape index (κ1) is 26.9. The maximum Gasteiger partial charge on any atom is 0.194 e. The molecule has 0 saturated heterocycles. The molecule has 9 heteroatoms. The van der Waals surface area contributed by atoms with E-state index in [1.807, 2.05) is 30.9 Å². The molecule has 0 bridgehead atoms. The zero-order valence-corrected chi connectivity index (χ0v) is 22.2. The molecule has 31 heavy (non-hydrogen) atoms. The van der Waals surface area contributed by atoms with Crippen LogP contribution in [0.3, 0.4) is 0 Å². The van der Waals surface area contributed by atoms with Crippen LogP contribution in [0.4, 0.5) is 0 Å². The second kappa shape index (κ2) is 12.6. The highest BCUT2D eigenvalue weighted by Gasteiger charge is 2.16. The normalized spacial score (nSPS) is 11.2. The molecule has 2 rings (SSSR count). The number of aryl methyl sites for hydroxylation is 1. The fourth-order valence-corrected chi connectivity index (χ4v) is 3.34. The first-order valence-corrected chi connectivity index (χ1v) is 10.1. The lowest BCUT2D eigenvalue weighted by Gasteiger charge is -2.22. The topological polar surface area (TPSA) is 73.1 Å². The highest BCUT2D eigenvalue weighted by molar-refractivity contribution is 14.0. The average Bonchev–Trinajstić information content (AvgIpc) is 3.10. The summed E-state index contributed by atoms with van der Waals surface area (Å²) in [5.74, 6) is 3.17. The third kappa shape index (κ3) is 6.91. The number of halogens is 1. The summed E-state index contributed by atoms with van der Waals surface area (Å²) in [6.45, 7) is 8.32. The van der Waals surface area contributed by atoms with E-state index in [0.717, 1.165) is 30.3 Å². The number of benzene rings is 1. The second-order valence-electron chi connectivity index (χ2n) is 7.41. The van der Waals surface area contributed by atoms with Crippen molar-refractivity contribution in [3.63, 3.8) is 0 Å². The molecule has 0 aliphatic carbocycles. The van der Waals surface area contributed by atoms with Crippen molar-refractivity contribution in [2.24, 2.45) is 12.0 Å². The molecule has 1 aromatic carbocycles. The van der Waals surface area contributed by atoms with Crippen molar-refractivity contribution in [2.75, 3.05) is 34.9 Å². The third-order valence-electron chi connectivity index (χ3n) is 4.77. The van der Waals surface area contributed by atoms with Crippen molar-refractivity contribution in [2.45, 2.75) is 39.8 Å². The standard InChI is InChI=1S/C22H35N5O3.HI/c1-9-23-22(26(4)13-17-14-27(5)25-21(17)15(2)3)24-12-16-10-19(29-7)20(30-8)11-18(16)28-6;/h10-11,14-15H,9,12-13H2,1-8H3,(H,23,24);1H. The molecule has 8 nitrogen and oxygen atoms in total. The minimum absolute atomic E-state index is 0. The molecule has 1 heterocycles. The van der Waals surface area contributed by atoms with E-state index < -0.39 is 0 Å². The van der Waals surface area contributed by atoms with Gasteiger partial charge in [0.05, 0.1) is 33.6 Å². The predicted molar refractivity (Wildman–Crippen MR) is 135 cm³/mol. The Hall–Kier alpha value is -2.17. The number of hydrogen-bond acceptors (Lipinski definition) is 5. The molecular formula is C22H36IN5O3. The summed E-state index contributed by atoms with van der Waals surface area (Å²) >= 11 is 0. The summed E-state index contributed by atoms with van der Waals surface area (Å²) in [6.07, 6.45) is 2.08. The molecule has 1 N–H and O–H groups in total. The summed E-state index contributed by atoms with van der Waals surface area (Å²) in [4.78, 5) is 6.94. The third-order valence-corrected chi connectivity index (χ3v) is 4.77. The Morgan fingerprint density at radius 3 is 2.26 bits per heavy atom. The van der Waals surface area contributed by atoms with Gasteiger partial charge in [-0.3, -0.25) is 4.68 Å². The Morgan fingerprint density at radius 2 is 1.71 bits per heavy atom. The van der Waals surface area contributed by atoms with Crippen LogP contribution in [0.25, 0.3) is 0 Å². The highest BCUT2D eigenvalue weighted by Crippen LogP contribution is 2.35. The van der Waals surface area contributed by atoms with Crippen LogP contribution in [0.5, 0.6) is 17.2 Å². The average molecular weight is 545 g/mol. The van der Waals surface area contributed by atoms with Gasteiger partial charge < -0.3 is 24.4 Å². The van der Waals surface area contributed by atoms with E-state index >= 15 is 0 Å². The number of rotatable bonds is 9. The lowest BCUT2D eigenvalue weighted by atomic mass is 10.1. The monoisotopic (exact) mass is 545 g/mol. The number of nitrogens with zero attached hydrogens (tertiary/aromatic N) is 4. The van der Waals surface area contributed by atoms with E-state index in [0.29, 0.717) is 29.7 Å². The van der Waals surface area contributed by atoms with Crippen molar-refractivity contribution in [3.8, 4) is 17.2 Å². The van der Waals surface area contributed by atoms with Gasteiger partial charge in [0.2, 0.25) is 0 Å². The van der Waals surface area contributed by atoms with Gasteiger partial charge in [-0.05, 0) is 18.9 Å². The first-order valence-electron chi connectivity index (χ1n) is 10.1. The maximum absolute atomic E-state index is 5.53. The number of aromatic nitrogens is 2. The van der Waals surface area contributed by atoms with E-state index in [4.69, 9.17) is 19.2 Å². The molecular weight excluding hydrogens is 509 g/mol. The summed E-state index contributed by atoms with van der Waals surface area (Å²) < 4.78 is 18.2. The van der Waals surface area contributed by atoms with Crippen LogP contribution in [0.1, 0.15) is 43.5 Å². The van der Waals surface area contributed by atoms with Gasteiger partial charge in [-0.2, -0.15) is 5.10 Å². The van der Waals surface area contributed by atoms with Gasteiger partial charge in [-0.15, -0.1) is 24.0 Å². The fourth-order valence-electron chi connectivity index (χ4n) is 3.34. The lowest BCUT2D eigenvalue weighted by molar-refractivity contribution is 0.347. The predicted octanol–water partition coefficient (Wildman–Crippen LogP) is 3.78. The largest absolute Gasteiger partial charge is 0.496 e. The molecule has 0 saturated carbocycles. The summed E-state index contributed by atoms with van der Waals surface area (Å²) in [5, 5.41) is 7.98. The Balaban J connectivity index is 0.00000480. The number of nitrogens with one attached hydrogen (secondary N) is 1. The Kier molecular flexibility index (Phi) is 10.9. The zero-order valence-electron chi connectivity index (χ0n) is 19.9. The van der Waals surface area contributed by atoms with Gasteiger partial charge in [0.25, 0.3) is 0 Å². The number of guanidine groups is 1. The van der Waals surface area contributed by atoms with Gasteiger partial charge in [0.1, 0.15) is 5.75 Å². The Labute approximate surface area is 203 Å². The molecule has 174 valence electrons. The lowest BCUT2D eigenvalue weighted by Crippen LogP contribution is -2.38. The molecule has 0 aliphatic heterocycles. The van der Waals surface area contributed by atoms with E-state index in [1.165, 1.54) is 5.56 Å². The van der Waals surface area contributed by atoms with E-state index in [-0.39, 0.29) is 24.0 Å². The van der Waals surface area contributed by atoms with Gasteiger partial charge in [-0.1, -0.05) is 13.8 Å². The molecule has 0 aliphatic rings. The molecule has 0 spiro atoms. The van der Waals surface area contributed by atoms with Crippen LogP contribution < -0.4 is 19.5 Å². The molecule has 1 aromatic heterocycles. The SMILES string of the molecule is CCNC(=NCc1cc(OC)c(OC)cc1OC)N(C)Cc1cn(C)nc1C(C)C.I. The molecule has 0 radical (unpaired) electrons. The minimum Gasteiger partial charge on any atom is -0.496 e. The van der Waals surface area contributed by atoms with Crippen LogP contribution in [-0.4, -0.2) is 55.6 Å². The van der Waals surface area contributed by atoms with Crippen LogP contribution in [-0.2, 0) is 20.1 Å². The smallest absolute Gasteiger partial charge is 0.194 e. The summed E-state index contributed by atoms with van der Waals surface area (Å²) in [5.41, 5.74) is 3.23. The van der Waals surface area contributed by atoms with Gasteiger partial charge in [0, 0.05) is 50.6 Å². The van der Waals surface area contributed by atoms with Crippen molar-refractivity contribution in [1.29, 1.82) is 0 Å². The Morgan fingerprint density at radius 1 is 1.10 bits per heavy atom. The van der Waals surface area contributed by atoms with E-state index in [2.05, 4.69) is 42.3 Å². The van der Waals surface area contributed by atoms with Crippen LogP contribution in [0.15, 0.2) is 23.3 Å². The minimum atomic E-state index is 0. The van der Waals surface area contributed by atoms with Crippen molar-refractivity contribution >= 4 is 29.9 Å². The van der Waals surface area contributed by atoms with Crippen LogP contribution >= 0.6 is 24.0 Å². The van der Waals surface area contributed by atoms with Gasteiger partial charge in [-0.25, -0.2) is 4.99 Å². The van der Waals surface area contributed by atoms with Gasteiger partial charge >= 0.3 is 0 Å². The zero-order chi connectivity index (χ0) is 22.3. The van der Waals surface area contributed by atoms with Crippen LogP contribution in [0.2, 0.25) is 0 Å². The van der Waals surface area contributed by atoms with E-state index in [1.54, 1.807) is 21.3 Å². The maximum atomic E-state index is 5.53. The van der Waals surface area contributed by atoms with Crippen molar-refractivity contribution in [3.05, 3.63) is 35.2 Å². The summed E-state index contributed by atoms with van der Waals surface area (Å²) in [6, 6.07) is 3.73. The molecule has 2 aromatic rings. The molecule has 0 amide bonds. The molecule has 0 fully saturated rings. The van der Waals surface area contributed by atoms with Crippen molar-refractivity contribution in [1.82, 2.24) is 20.0 Å². The second-order valence-corrected chi connectivity index (χ2v) is 7.41. The molecule has 0 unspecified atom stereocenters.